The van der Waals surface area contributed by atoms with Crippen molar-refractivity contribution in [1.82, 2.24) is 31.9 Å². The highest BCUT2D eigenvalue weighted by molar-refractivity contribution is 7.99. The van der Waals surface area contributed by atoms with E-state index in [0.717, 1.165) is 44.9 Å². The Morgan fingerprint density at radius 3 is 1.23 bits per heavy atom. The van der Waals surface area contributed by atoms with Crippen LogP contribution in [0.2, 0.25) is 1.41 Å². The van der Waals surface area contributed by atoms with Crippen LogP contribution in [-0.4, -0.2) is 133 Å². The molecular formula is C59H115N9O10S. The molecule has 19 nitrogen and oxygen atoms in total. The summed E-state index contributed by atoms with van der Waals surface area (Å²) in [6.45, 7) is 5.05. The van der Waals surface area contributed by atoms with Gasteiger partial charge in [0.15, 0.2) is 1.41 Å². The van der Waals surface area contributed by atoms with Crippen LogP contribution in [0.3, 0.4) is 0 Å². The second-order valence-corrected chi connectivity index (χ2v) is 22.5. The molecule has 462 valence electrons. The topological polar surface area (TPSA) is 319 Å². The van der Waals surface area contributed by atoms with Crippen LogP contribution >= 0.6 is 11.8 Å². The zero-order valence-corrected chi connectivity index (χ0v) is 50.3. The lowest BCUT2D eigenvalue weighted by Gasteiger charge is -2.26. The van der Waals surface area contributed by atoms with Crippen LogP contribution in [0, 0.1) is 0 Å². The first-order valence-electron chi connectivity index (χ1n) is 31.7. The van der Waals surface area contributed by atoms with Gasteiger partial charge in [-0.2, -0.15) is 11.8 Å². The van der Waals surface area contributed by atoms with E-state index in [1.165, 1.54) is 134 Å². The highest BCUT2D eigenvalue weighted by Gasteiger charge is 2.32. The van der Waals surface area contributed by atoms with Crippen molar-refractivity contribution in [2.45, 2.75) is 282 Å². The first-order chi connectivity index (χ1) is 38.8. The smallest absolute Gasteiger partial charge is 0.407 e. The first kappa shape index (κ1) is 73.3. The molecule has 20 heteroatoms. The van der Waals surface area contributed by atoms with Gasteiger partial charge >= 0.3 is 12.1 Å². The van der Waals surface area contributed by atoms with Gasteiger partial charge in [0.1, 0.15) is 30.2 Å². The number of carboxylic acid groups (broad SMARTS) is 1. The van der Waals surface area contributed by atoms with Gasteiger partial charge in [-0.3, -0.25) is 24.0 Å². The van der Waals surface area contributed by atoms with Gasteiger partial charge in [0.2, 0.25) is 29.5 Å². The fourth-order valence-corrected chi connectivity index (χ4v) is 10.1. The van der Waals surface area contributed by atoms with E-state index in [4.69, 9.17) is 23.3 Å². The molecule has 0 bridgehead atoms. The average Bonchev–Trinajstić information content (AvgIpc) is 3.44. The van der Waals surface area contributed by atoms with Crippen molar-refractivity contribution in [3.05, 3.63) is 0 Å². The minimum atomic E-state index is -1.60. The van der Waals surface area contributed by atoms with Crippen LogP contribution in [0.25, 0.3) is 0 Å². The molecule has 14 N–H and O–H groups in total. The van der Waals surface area contributed by atoms with Crippen LogP contribution < -0.4 is 49.1 Å². The number of hydrogen-bond acceptors (Lipinski definition) is 13. The first-order valence-corrected chi connectivity index (χ1v) is 32.4. The summed E-state index contributed by atoms with van der Waals surface area (Å²) >= 11 is 1.22. The Kier molecular flexibility index (Phi) is 50.9. The maximum atomic E-state index is 14.0. The molecule has 0 rings (SSSR count). The number of ether oxygens (including phenoxy) is 1. The summed E-state index contributed by atoms with van der Waals surface area (Å²) in [4.78, 5) is 93.3. The van der Waals surface area contributed by atoms with E-state index in [0.29, 0.717) is 82.2 Å². The third-order valence-electron chi connectivity index (χ3n) is 14.2. The van der Waals surface area contributed by atoms with E-state index in [9.17, 15) is 43.8 Å². The van der Waals surface area contributed by atoms with Crippen molar-refractivity contribution in [3.8, 4) is 0 Å². The molecule has 0 aromatic carbocycles. The lowest BCUT2D eigenvalue weighted by molar-refractivity contribution is -0.142. The third kappa shape index (κ3) is 44.6. The quantitative estimate of drug-likeness (QED) is 0.0255. The molecule has 0 spiro atoms. The molecule has 0 heterocycles. The highest BCUT2D eigenvalue weighted by Crippen LogP contribution is 2.16. The second kappa shape index (κ2) is 54.8. The summed E-state index contributed by atoms with van der Waals surface area (Å²) in [5.74, 6) is -4.83. The van der Waals surface area contributed by atoms with Gasteiger partial charge in [-0.25, -0.2) is 9.59 Å². The number of aliphatic hydroxyl groups is 1. The maximum absolute atomic E-state index is 14.0. The fraction of sp³-hybridized carbons (Fsp3) is 0.881. The Bertz CT molecular complexity index is 1590. The number of carbonyl (C=O) groups is 7. The molecule has 6 amide bonds. The summed E-state index contributed by atoms with van der Waals surface area (Å²) in [5.41, 5.74) is 17.0. The maximum Gasteiger partial charge on any atom is 0.407 e. The van der Waals surface area contributed by atoms with Crippen molar-refractivity contribution < 1.29 is 49.9 Å². The predicted octanol–water partition coefficient (Wildman–Crippen LogP) is 8.30. The molecule has 0 aliphatic heterocycles. The molecule has 79 heavy (non-hydrogen) atoms. The summed E-state index contributed by atoms with van der Waals surface area (Å²) < 4.78 is 14.2. The number of aliphatic hydroxyl groups excluding tert-OH is 1. The lowest BCUT2D eigenvalue weighted by atomic mass is 10.0. The Hall–Kier alpha value is -3.72. The van der Waals surface area contributed by atoms with Crippen molar-refractivity contribution in [2.75, 3.05) is 50.9 Å². The number of thioether (sulfide) groups is 1. The molecule has 0 aliphatic rings. The number of amides is 6. The van der Waals surface area contributed by atoms with Gasteiger partial charge in [0.05, 0.1) is 13.2 Å². The van der Waals surface area contributed by atoms with Crippen LogP contribution in [0.5, 0.6) is 0 Å². The van der Waals surface area contributed by atoms with Crippen LogP contribution in [0.15, 0.2) is 0 Å². The molecule has 5 atom stereocenters. The zero-order valence-electron chi connectivity index (χ0n) is 50.5. The van der Waals surface area contributed by atoms with Gasteiger partial charge in [-0.1, -0.05) is 174 Å². The molecule has 0 radical (unpaired) electrons. The molecule has 0 aromatic rings. The van der Waals surface area contributed by atoms with Crippen molar-refractivity contribution in [1.29, 1.82) is 0 Å². The molecule has 0 saturated heterocycles. The van der Waals surface area contributed by atoms with Gasteiger partial charge in [-0.05, 0) is 90.3 Å². The van der Waals surface area contributed by atoms with Crippen LogP contribution in [0.1, 0.15) is 251 Å². The van der Waals surface area contributed by atoms with E-state index < -0.39 is 78.4 Å². The second-order valence-electron chi connectivity index (χ2n) is 21.4. The van der Waals surface area contributed by atoms with Gasteiger partial charge in [0, 0.05) is 24.5 Å². The van der Waals surface area contributed by atoms with Gasteiger partial charge < -0.3 is 64.0 Å². The standard InChI is InChI=1S/C59H115N9O10S/c1-3-5-7-9-11-13-15-17-19-21-23-25-27-35-44-78-59(77)63-43-45-79-47-52(64-53(70)39-28-26-24-22-20-18-16-14-12-10-8-6-4-2)57(74)68-51(46-69)56(73)66-48(36-29-32-40-60)54(71)65-49(37-30-33-41-61)55(72)67-50(58(75)76)38-31-34-42-62/h48-52,69H,3-47,60-62H2,1-2H3,(H,63,77)(H,64,70)(H,65,71)(H,66,73)(H,67,72)(H,68,74)(H,75,76)/t48-,49-,50-,51-,52-/m0/s1/i/hD. The van der Waals surface area contributed by atoms with E-state index in [1.807, 2.05) is 0 Å². The number of hydrogen-bond donors (Lipinski definition) is 11. The number of unbranched alkanes of at least 4 members (excludes halogenated alkanes) is 28. The summed E-state index contributed by atoms with van der Waals surface area (Å²) in [5, 5.41) is 33.9. The van der Waals surface area contributed by atoms with E-state index >= 15 is 0 Å². The van der Waals surface area contributed by atoms with Gasteiger partial charge in [0.25, 0.3) is 0 Å². The van der Waals surface area contributed by atoms with Crippen LogP contribution in [0.4, 0.5) is 4.79 Å². The Morgan fingerprint density at radius 1 is 0.468 bits per heavy atom. The van der Waals surface area contributed by atoms with Crippen molar-refractivity contribution in [3.63, 3.8) is 0 Å². The third-order valence-corrected chi connectivity index (χ3v) is 15.2. The number of nitrogens with two attached hydrogens (primary N) is 3. The normalized spacial score (nSPS) is 13.3. The fourth-order valence-electron chi connectivity index (χ4n) is 9.19. The summed E-state index contributed by atoms with van der Waals surface area (Å²) in [7, 11) is 0. The molecule has 0 unspecified atom stereocenters. The van der Waals surface area contributed by atoms with Crippen LogP contribution in [-0.2, 0) is 33.5 Å². The number of rotatable bonds is 57. The summed E-state index contributed by atoms with van der Waals surface area (Å²) in [6, 6.07) is -6.64. The monoisotopic (exact) mass is 1140 g/mol. The average molecular weight is 1140 g/mol. The summed E-state index contributed by atoms with van der Waals surface area (Å²) in [6.07, 6.45) is 34.5. The largest absolute Gasteiger partial charge is 0.480 e. The van der Waals surface area contributed by atoms with Gasteiger partial charge in [-0.15, -0.1) is 0 Å². The Balaban J connectivity index is 5.69. The zero-order chi connectivity index (χ0) is 59.3. The van der Waals surface area contributed by atoms with E-state index in [1.54, 1.807) is 0 Å². The lowest BCUT2D eigenvalue weighted by Crippen LogP contribution is -2.59. The Morgan fingerprint density at radius 2 is 0.823 bits per heavy atom. The minimum Gasteiger partial charge on any atom is -0.480 e. The molecule has 0 aromatic heterocycles. The number of nitrogens with one attached hydrogen (secondary N) is 6. The number of carboxylic acids is 1. The molecule has 0 saturated carbocycles. The molecular weight excluding hydrogens is 1030 g/mol. The minimum absolute atomic E-state index is 0.0441. The number of carbonyl (C=O) groups excluding carboxylic acids is 6. The van der Waals surface area contributed by atoms with E-state index in [2.05, 4.69) is 40.4 Å². The highest BCUT2D eigenvalue weighted by atomic mass is 32.2. The number of aliphatic carboxylic acids is 1. The Labute approximate surface area is 483 Å². The predicted molar refractivity (Wildman–Crippen MR) is 320 cm³/mol. The number of alkyl carbamates (subject to hydrolysis) is 1. The molecule has 0 fully saturated rings. The van der Waals surface area contributed by atoms with Crippen molar-refractivity contribution >= 4 is 53.4 Å². The molecule has 0 aliphatic carbocycles. The van der Waals surface area contributed by atoms with E-state index in [-0.39, 0.29) is 38.0 Å². The van der Waals surface area contributed by atoms with Crippen molar-refractivity contribution in [2.24, 2.45) is 17.2 Å². The SMILES string of the molecule is [2H]N(C(=O)CCCCCCCCCCCCCCC)[C@@H](CSCCNC(=O)OCCCCCCCCCCCCCCCC)C(=O)N[C@@H](CO)C(=O)N[C@@H](CCCCN)C(=O)N[C@@H](CCCCN)C(=O)N[C@@H](CCCCN)C(=O)O.